The first-order valence-electron chi connectivity index (χ1n) is 2.61. The molecular formula is C6H5ClNNaOS. The molecule has 1 aromatic rings. The van der Waals surface area contributed by atoms with Crippen molar-refractivity contribution in [1.82, 2.24) is 4.98 Å². The van der Waals surface area contributed by atoms with E-state index < -0.39 is 0 Å². The third-order valence-electron chi connectivity index (χ3n) is 1.02. The fourth-order valence-corrected chi connectivity index (χ4v) is 0.887. The number of pyridine rings is 1. The molecule has 0 N–H and O–H groups in total. The van der Waals surface area contributed by atoms with E-state index in [1.165, 1.54) is 7.11 Å². The van der Waals surface area contributed by atoms with Crippen LogP contribution in [0.25, 0.3) is 0 Å². The molecule has 54 valence electrons. The molecule has 0 aliphatic rings. The number of hydrogen-bond donors (Lipinski definition) is 0. The molecule has 0 aliphatic heterocycles. The van der Waals surface area contributed by atoms with Crippen molar-refractivity contribution in [1.29, 1.82) is 0 Å². The Morgan fingerprint density at radius 3 is 2.73 bits per heavy atom. The monoisotopic (exact) mass is 197 g/mol. The molecule has 1 aromatic heterocycles. The Bertz CT molecular complexity index is 246. The second-order valence-corrected chi connectivity index (χ2v) is 2.45. The van der Waals surface area contributed by atoms with Crippen LogP contribution in [0.1, 0.15) is 0 Å². The van der Waals surface area contributed by atoms with Gasteiger partial charge < -0.3 is 17.4 Å². The summed E-state index contributed by atoms with van der Waals surface area (Å²) in [6.45, 7) is 0. The molecule has 11 heavy (non-hydrogen) atoms. The standard InChI is InChI=1S/C6H6ClNOS.Na/c1-9-6-5(7)4(10)2-3-8-6;/h2-3H,1H3,(H,8,10);/q;+1/p-1. The topological polar surface area (TPSA) is 22.1 Å². The molecule has 1 heterocycles. The number of ether oxygens (including phenoxy) is 1. The Kier molecular flexibility index (Phi) is 5.38. The maximum atomic E-state index is 5.70. The summed E-state index contributed by atoms with van der Waals surface area (Å²) in [4.78, 5) is 4.40. The largest absolute Gasteiger partial charge is 1.00 e. The van der Waals surface area contributed by atoms with Crippen LogP contribution in [-0.4, -0.2) is 12.1 Å². The molecule has 0 unspecified atom stereocenters. The Morgan fingerprint density at radius 1 is 1.64 bits per heavy atom. The zero-order chi connectivity index (χ0) is 7.56. The first kappa shape index (κ1) is 11.5. The van der Waals surface area contributed by atoms with Crippen LogP contribution in [0.4, 0.5) is 0 Å². The number of nitrogens with zero attached hydrogens (tertiary/aromatic N) is 1. The summed E-state index contributed by atoms with van der Waals surface area (Å²) in [6.07, 6.45) is 1.56. The van der Waals surface area contributed by atoms with Crippen LogP contribution in [0.2, 0.25) is 5.02 Å². The van der Waals surface area contributed by atoms with Gasteiger partial charge in [-0.05, 0) is 0 Å². The molecule has 0 spiro atoms. The third kappa shape index (κ3) is 2.76. The Hall–Kier alpha value is 0.460. The van der Waals surface area contributed by atoms with Crippen molar-refractivity contribution in [2.75, 3.05) is 7.11 Å². The fraction of sp³-hybridized carbons (Fsp3) is 0.167. The van der Waals surface area contributed by atoms with Gasteiger partial charge in [-0.3, -0.25) is 0 Å². The van der Waals surface area contributed by atoms with Gasteiger partial charge in [0.25, 0.3) is 0 Å². The first-order valence-corrected chi connectivity index (χ1v) is 3.40. The minimum absolute atomic E-state index is 0. The molecule has 0 bridgehead atoms. The minimum Gasteiger partial charge on any atom is -0.778 e. The summed E-state index contributed by atoms with van der Waals surface area (Å²) in [6, 6.07) is 1.65. The van der Waals surface area contributed by atoms with E-state index >= 15 is 0 Å². The van der Waals surface area contributed by atoms with Crippen molar-refractivity contribution in [2.24, 2.45) is 0 Å². The van der Waals surface area contributed by atoms with E-state index in [0.29, 0.717) is 15.8 Å². The quantitative estimate of drug-likeness (QED) is 0.411. The molecule has 0 amide bonds. The average Bonchev–Trinajstić information content (AvgIpc) is 1.95. The van der Waals surface area contributed by atoms with E-state index in [2.05, 4.69) is 4.98 Å². The molecule has 0 radical (unpaired) electrons. The smallest absolute Gasteiger partial charge is 0.778 e. The summed E-state index contributed by atoms with van der Waals surface area (Å²) >= 11 is 10.6. The summed E-state index contributed by atoms with van der Waals surface area (Å²) in [5.74, 6) is 0.383. The Morgan fingerprint density at radius 2 is 2.27 bits per heavy atom. The molecule has 1 rings (SSSR count). The molecule has 0 fully saturated rings. The van der Waals surface area contributed by atoms with Crippen molar-refractivity contribution < 1.29 is 34.3 Å². The fourth-order valence-electron chi connectivity index (χ4n) is 0.550. The summed E-state index contributed by atoms with van der Waals surface area (Å²) < 4.78 is 4.82. The maximum absolute atomic E-state index is 5.70. The second kappa shape index (κ2) is 5.17. The average molecular weight is 198 g/mol. The van der Waals surface area contributed by atoms with Crippen molar-refractivity contribution >= 4 is 24.2 Å². The van der Waals surface area contributed by atoms with Crippen molar-refractivity contribution in [3.8, 4) is 5.88 Å². The molecule has 0 atom stereocenters. The van der Waals surface area contributed by atoms with Crippen molar-refractivity contribution in [3.05, 3.63) is 17.3 Å². The molecule has 0 aliphatic carbocycles. The number of rotatable bonds is 1. The SMILES string of the molecule is COc1nccc([S-])c1Cl.[Na+]. The third-order valence-corrected chi connectivity index (χ3v) is 1.83. The van der Waals surface area contributed by atoms with Crippen LogP contribution < -0.4 is 34.3 Å². The maximum Gasteiger partial charge on any atom is 1.00 e. The van der Waals surface area contributed by atoms with Gasteiger partial charge >= 0.3 is 29.6 Å². The van der Waals surface area contributed by atoms with Gasteiger partial charge in [-0.2, -0.15) is 0 Å². The van der Waals surface area contributed by atoms with E-state index in [4.69, 9.17) is 29.0 Å². The summed E-state index contributed by atoms with van der Waals surface area (Å²) in [7, 11) is 1.50. The van der Waals surface area contributed by atoms with Gasteiger partial charge in [-0.1, -0.05) is 17.7 Å². The van der Waals surface area contributed by atoms with Gasteiger partial charge in [-0.15, -0.1) is 4.90 Å². The van der Waals surface area contributed by atoms with E-state index in [1.807, 2.05) is 0 Å². The molecular weight excluding hydrogens is 193 g/mol. The normalized spacial score (nSPS) is 8.55. The summed E-state index contributed by atoms with van der Waals surface area (Å²) in [5.41, 5.74) is 0. The number of methoxy groups -OCH3 is 1. The van der Waals surface area contributed by atoms with Gasteiger partial charge in [0.05, 0.1) is 12.1 Å². The van der Waals surface area contributed by atoms with Crippen molar-refractivity contribution in [3.63, 3.8) is 0 Å². The van der Waals surface area contributed by atoms with E-state index in [-0.39, 0.29) is 29.6 Å². The predicted octanol–water partition coefficient (Wildman–Crippen LogP) is -1.35. The minimum atomic E-state index is 0. The Balaban J connectivity index is 0.000001000. The number of hydrogen-bond acceptors (Lipinski definition) is 3. The van der Waals surface area contributed by atoms with Gasteiger partial charge in [0.1, 0.15) is 0 Å². The summed E-state index contributed by atoms with van der Waals surface area (Å²) in [5, 5.41) is 0.403. The van der Waals surface area contributed by atoms with Gasteiger partial charge in [-0.25, -0.2) is 4.98 Å². The zero-order valence-corrected chi connectivity index (χ0v) is 9.87. The van der Waals surface area contributed by atoms with Crippen LogP contribution in [0.15, 0.2) is 17.2 Å². The van der Waals surface area contributed by atoms with Gasteiger partial charge in [0.2, 0.25) is 5.88 Å². The molecule has 2 nitrogen and oxygen atoms in total. The van der Waals surface area contributed by atoms with Crippen LogP contribution in [0, 0.1) is 0 Å². The van der Waals surface area contributed by atoms with E-state index in [1.54, 1.807) is 12.3 Å². The number of halogens is 1. The van der Waals surface area contributed by atoms with Gasteiger partial charge in [0.15, 0.2) is 0 Å². The molecule has 5 heteroatoms. The predicted molar refractivity (Wildman–Crippen MR) is 41.4 cm³/mol. The zero-order valence-electron chi connectivity index (χ0n) is 6.30. The number of aromatic nitrogens is 1. The van der Waals surface area contributed by atoms with Crippen LogP contribution in [-0.2, 0) is 12.6 Å². The second-order valence-electron chi connectivity index (χ2n) is 1.63. The van der Waals surface area contributed by atoms with Crippen LogP contribution in [0.5, 0.6) is 5.88 Å². The van der Waals surface area contributed by atoms with Crippen LogP contribution in [0.3, 0.4) is 0 Å². The van der Waals surface area contributed by atoms with Crippen molar-refractivity contribution in [2.45, 2.75) is 4.90 Å². The van der Waals surface area contributed by atoms with Gasteiger partial charge in [0, 0.05) is 6.20 Å². The van der Waals surface area contributed by atoms with E-state index in [0.717, 1.165) is 0 Å². The van der Waals surface area contributed by atoms with E-state index in [9.17, 15) is 0 Å². The Labute approximate surface area is 98.0 Å². The van der Waals surface area contributed by atoms with Crippen LogP contribution >= 0.6 is 11.6 Å². The molecule has 0 aromatic carbocycles. The molecule has 0 saturated heterocycles. The molecule has 0 saturated carbocycles. The first-order chi connectivity index (χ1) is 4.75.